The molecule has 2 N–H and O–H groups in total. The lowest BCUT2D eigenvalue weighted by Crippen LogP contribution is -2.34. The standard InChI is InChI=1S/C13H20FNO2/c1-4-10(8-16)15-9(2)13-11(14)6-5-7-12(13)17-3/h5-7,9-10,15-16H,4,8H2,1-3H3/t9?,10-/m1/s1. The van der Waals surface area contributed by atoms with Crippen LogP contribution >= 0.6 is 0 Å². The van der Waals surface area contributed by atoms with Crippen LogP contribution < -0.4 is 10.1 Å². The Morgan fingerprint density at radius 3 is 2.71 bits per heavy atom. The molecule has 1 rings (SSSR count). The number of rotatable bonds is 6. The normalized spacial score (nSPS) is 14.4. The van der Waals surface area contributed by atoms with Crippen LogP contribution in [-0.2, 0) is 0 Å². The average Bonchev–Trinajstić information content (AvgIpc) is 2.35. The molecule has 4 heteroatoms. The summed E-state index contributed by atoms with van der Waals surface area (Å²) >= 11 is 0. The minimum absolute atomic E-state index is 0.0330. The van der Waals surface area contributed by atoms with Gasteiger partial charge in [-0.1, -0.05) is 13.0 Å². The molecular formula is C13H20FNO2. The fourth-order valence-electron chi connectivity index (χ4n) is 1.85. The van der Waals surface area contributed by atoms with Crippen LogP contribution in [0.4, 0.5) is 4.39 Å². The van der Waals surface area contributed by atoms with Gasteiger partial charge in [0.1, 0.15) is 11.6 Å². The first-order valence-corrected chi connectivity index (χ1v) is 5.83. The van der Waals surface area contributed by atoms with Gasteiger partial charge in [-0.25, -0.2) is 4.39 Å². The van der Waals surface area contributed by atoms with E-state index in [0.717, 1.165) is 6.42 Å². The average molecular weight is 241 g/mol. The summed E-state index contributed by atoms with van der Waals surface area (Å²) in [5.41, 5.74) is 0.502. The lowest BCUT2D eigenvalue weighted by atomic mass is 10.0. The van der Waals surface area contributed by atoms with Crippen molar-refractivity contribution in [2.45, 2.75) is 32.4 Å². The van der Waals surface area contributed by atoms with E-state index in [1.165, 1.54) is 13.2 Å². The first kappa shape index (κ1) is 13.9. The predicted octanol–water partition coefficient (Wildman–Crippen LogP) is 2.26. The molecule has 17 heavy (non-hydrogen) atoms. The van der Waals surface area contributed by atoms with Gasteiger partial charge in [-0.05, 0) is 25.5 Å². The van der Waals surface area contributed by atoms with Crippen molar-refractivity contribution in [2.24, 2.45) is 0 Å². The van der Waals surface area contributed by atoms with Crippen LogP contribution in [-0.4, -0.2) is 24.9 Å². The minimum Gasteiger partial charge on any atom is -0.496 e. The van der Waals surface area contributed by atoms with E-state index in [0.29, 0.717) is 11.3 Å². The second-order valence-corrected chi connectivity index (χ2v) is 4.03. The summed E-state index contributed by atoms with van der Waals surface area (Å²) < 4.78 is 18.9. The van der Waals surface area contributed by atoms with Crippen LogP contribution in [0.3, 0.4) is 0 Å². The smallest absolute Gasteiger partial charge is 0.131 e. The van der Waals surface area contributed by atoms with Gasteiger partial charge in [0.15, 0.2) is 0 Å². The van der Waals surface area contributed by atoms with E-state index < -0.39 is 0 Å². The molecule has 0 aromatic heterocycles. The zero-order chi connectivity index (χ0) is 12.8. The summed E-state index contributed by atoms with van der Waals surface area (Å²) in [6, 6.07) is 4.53. The molecule has 0 aliphatic carbocycles. The molecular weight excluding hydrogens is 221 g/mol. The number of halogens is 1. The summed E-state index contributed by atoms with van der Waals surface area (Å²) in [4.78, 5) is 0. The van der Waals surface area contributed by atoms with Gasteiger partial charge >= 0.3 is 0 Å². The van der Waals surface area contributed by atoms with Crippen LogP contribution in [0.2, 0.25) is 0 Å². The van der Waals surface area contributed by atoms with Gasteiger partial charge in [0.25, 0.3) is 0 Å². The molecule has 0 aliphatic rings. The van der Waals surface area contributed by atoms with Crippen molar-refractivity contribution >= 4 is 0 Å². The van der Waals surface area contributed by atoms with Gasteiger partial charge < -0.3 is 15.2 Å². The molecule has 0 heterocycles. The first-order valence-electron chi connectivity index (χ1n) is 5.83. The SMILES string of the molecule is CC[C@H](CO)NC(C)c1c(F)cccc1OC. The summed E-state index contributed by atoms with van der Waals surface area (Å²) in [7, 11) is 1.52. The summed E-state index contributed by atoms with van der Waals surface area (Å²) in [6.07, 6.45) is 0.789. The third kappa shape index (κ3) is 3.41. The van der Waals surface area contributed by atoms with E-state index >= 15 is 0 Å². The van der Waals surface area contributed by atoms with Crippen molar-refractivity contribution in [3.63, 3.8) is 0 Å². The van der Waals surface area contributed by atoms with Crippen LogP contribution in [0.5, 0.6) is 5.75 Å². The van der Waals surface area contributed by atoms with Crippen molar-refractivity contribution in [1.82, 2.24) is 5.32 Å². The van der Waals surface area contributed by atoms with Gasteiger partial charge in [0.2, 0.25) is 0 Å². The van der Waals surface area contributed by atoms with Gasteiger partial charge in [0, 0.05) is 17.6 Å². The summed E-state index contributed by atoms with van der Waals surface area (Å²) in [5, 5.41) is 12.3. The predicted molar refractivity (Wildman–Crippen MR) is 65.7 cm³/mol. The Balaban J connectivity index is 2.91. The van der Waals surface area contributed by atoms with Gasteiger partial charge in [-0.2, -0.15) is 0 Å². The number of aliphatic hydroxyl groups excluding tert-OH is 1. The highest BCUT2D eigenvalue weighted by Crippen LogP contribution is 2.27. The molecule has 2 atom stereocenters. The van der Waals surface area contributed by atoms with Crippen LogP contribution in [0.1, 0.15) is 31.9 Å². The molecule has 0 fully saturated rings. The molecule has 1 aromatic carbocycles. The molecule has 0 radical (unpaired) electrons. The molecule has 1 aromatic rings. The second kappa shape index (κ2) is 6.57. The van der Waals surface area contributed by atoms with Crippen molar-refractivity contribution in [3.8, 4) is 5.75 Å². The fourth-order valence-corrected chi connectivity index (χ4v) is 1.85. The Bertz CT molecular complexity index is 353. The third-order valence-electron chi connectivity index (χ3n) is 2.86. The Labute approximate surface area is 102 Å². The largest absolute Gasteiger partial charge is 0.496 e. The molecule has 96 valence electrons. The van der Waals surface area contributed by atoms with E-state index in [2.05, 4.69) is 5.32 Å². The number of benzene rings is 1. The van der Waals surface area contributed by atoms with E-state index in [1.807, 2.05) is 13.8 Å². The molecule has 0 amide bonds. The maximum atomic E-state index is 13.8. The van der Waals surface area contributed by atoms with E-state index in [1.54, 1.807) is 12.1 Å². The Hall–Kier alpha value is -1.13. The topological polar surface area (TPSA) is 41.5 Å². The molecule has 3 nitrogen and oxygen atoms in total. The number of aliphatic hydroxyl groups is 1. The molecule has 0 spiro atoms. The van der Waals surface area contributed by atoms with E-state index in [4.69, 9.17) is 9.84 Å². The van der Waals surface area contributed by atoms with Crippen LogP contribution in [0.25, 0.3) is 0 Å². The fraction of sp³-hybridized carbons (Fsp3) is 0.538. The number of methoxy groups -OCH3 is 1. The number of nitrogens with one attached hydrogen (secondary N) is 1. The van der Waals surface area contributed by atoms with Crippen molar-refractivity contribution in [3.05, 3.63) is 29.6 Å². The van der Waals surface area contributed by atoms with Gasteiger partial charge in [-0.15, -0.1) is 0 Å². The van der Waals surface area contributed by atoms with E-state index in [-0.39, 0.29) is 24.5 Å². The highest BCUT2D eigenvalue weighted by atomic mass is 19.1. The monoisotopic (exact) mass is 241 g/mol. The maximum absolute atomic E-state index is 13.8. The Kier molecular flexibility index (Phi) is 5.38. The van der Waals surface area contributed by atoms with Crippen LogP contribution in [0, 0.1) is 5.82 Å². The van der Waals surface area contributed by atoms with Crippen molar-refractivity contribution in [2.75, 3.05) is 13.7 Å². The zero-order valence-electron chi connectivity index (χ0n) is 10.5. The molecule has 0 bridgehead atoms. The van der Waals surface area contributed by atoms with Gasteiger partial charge in [0.05, 0.1) is 13.7 Å². The summed E-state index contributed by atoms with van der Waals surface area (Å²) in [6.45, 7) is 3.87. The third-order valence-corrected chi connectivity index (χ3v) is 2.86. The molecule has 1 unspecified atom stereocenters. The summed E-state index contributed by atoms with van der Waals surface area (Å²) in [5.74, 6) is 0.231. The van der Waals surface area contributed by atoms with Gasteiger partial charge in [-0.3, -0.25) is 0 Å². The highest BCUT2D eigenvalue weighted by Gasteiger charge is 2.18. The Morgan fingerprint density at radius 2 is 2.18 bits per heavy atom. The van der Waals surface area contributed by atoms with E-state index in [9.17, 15) is 4.39 Å². The highest BCUT2D eigenvalue weighted by molar-refractivity contribution is 5.36. The molecule has 0 saturated carbocycles. The first-order chi connectivity index (χ1) is 8.13. The number of hydrogen-bond acceptors (Lipinski definition) is 3. The number of ether oxygens (including phenoxy) is 1. The lowest BCUT2D eigenvalue weighted by Gasteiger charge is -2.22. The Morgan fingerprint density at radius 1 is 1.47 bits per heavy atom. The number of hydrogen-bond donors (Lipinski definition) is 2. The molecule has 0 saturated heterocycles. The quantitative estimate of drug-likeness (QED) is 0.802. The minimum atomic E-state index is -0.294. The van der Waals surface area contributed by atoms with Crippen LogP contribution in [0.15, 0.2) is 18.2 Å². The van der Waals surface area contributed by atoms with Crippen molar-refractivity contribution < 1.29 is 14.2 Å². The molecule has 0 aliphatic heterocycles. The second-order valence-electron chi connectivity index (χ2n) is 4.03. The lowest BCUT2D eigenvalue weighted by molar-refractivity contribution is 0.228. The zero-order valence-corrected chi connectivity index (χ0v) is 10.5. The maximum Gasteiger partial charge on any atom is 0.131 e. The van der Waals surface area contributed by atoms with Crippen molar-refractivity contribution in [1.29, 1.82) is 0 Å².